The van der Waals surface area contributed by atoms with Gasteiger partial charge in [0.15, 0.2) is 0 Å². The van der Waals surface area contributed by atoms with Gasteiger partial charge in [0.2, 0.25) is 10.0 Å². The van der Waals surface area contributed by atoms with E-state index in [4.69, 9.17) is 4.42 Å². The Balaban J connectivity index is 1.55. The van der Waals surface area contributed by atoms with E-state index in [0.29, 0.717) is 18.7 Å². The van der Waals surface area contributed by atoms with Crippen molar-refractivity contribution >= 4 is 15.9 Å². The second-order valence-corrected chi connectivity index (χ2v) is 8.22. The largest absolute Gasteiger partial charge is 0.472 e. The number of rotatable bonds is 7. The molecule has 3 rings (SSSR count). The number of hydrogen-bond acceptors (Lipinski definition) is 5. The highest BCUT2D eigenvalue weighted by atomic mass is 32.2. The Labute approximate surface area is 157 Å². The molecule has 0 spiro atoms. The molecule has 0 unspecified atom stereocenters. The van der Waals surface area contributed by atoms with Crippen molar-refractivity contribution in [2.45, 2.75) is 11.4 Å². The maximum atomic E-state index is 12.2. The molecular weight excluding hydrogens is 368 g/mol. The van der Waals surface area contributed by atoms with Crippen LogP contribution in [0.2, 0.25) is 0 Å². The van der Waals surface area contributed by atoms with Crippen LogP contribution in [0.15, 0.2) is 64.6 Å². The van der Waals surface area contributed by atoms with Crippen molar-refractivity contribution < 1.29 is 17.6 Å². The molecule has 0 aliphatic heterocycles. The van der Waals surface area contributed by atoms with Gasteiger partial charge in [-0.15, -0.1) is 0 Å². The minimum Gasteiger partial charge on any atom is -0.472 e. The van der Waals surface area contributed by atoms with Crippen molar-refractivity contribution in [2.75, 3.05) is 20.6 Å². The minimum atomic E-state index is -3.51. The number of sulfonamides is 1. The fourth-order valence-corrected chi connectivity index (χ4v) is 3.34. The van der Waals surface area contributed by atoms with Crippen LogP contribution in [-0.2, 0) is 16.6 Å². The van der Waals surface area contributed by atoms with Gasteiger partial charge in [-0.25, -0.2) is 12.7 Å². The van der Waals surface area contributed by atoms with E-state index in [1.165, 1.54) is 38.4 Å². The van der Waals surface area contributed by atoms with E-state index in [2.05, 4.69) is 10.4 Å². The maximum Gasteiger partial charge on any atom is 0.251 e. The summed E-state index contributed by atoms with van der Waals surface area (Å²) in [6, 6.07) is 7.69. The molecule has 0 fully saturated rings. The van der Waals surface area contributed by atoms with Gasteiger partial charge in [0.1, 0.15) is 0 Å². The highest BCUT2D eigenvalue weighted by Gasteiger charge is 2.17. The molecule has 1 aromatic carbocycles. The van der Waals surface area contributed by atoms with Crippen LogP contribution in [0, 0.1) is 0 Å². The monoisotopic (exact) mass is 388 g/mol. The van der Waals surface area contributed by atoms with Crippen LogP contribution in [0.1, 0.15) is 10.4 Å². The number of benzene rings is 1. The van der Waals surface area contributed by atoms with E-state index in [-0.39, 0.29) is 10.8 Å². The zero-order valence-corrected chi connectivity index (χ0v) is 15.8. The average molecular weight is 388 g/mol. The number of furan rings is 1. The molecule has 0 aliphatic rings. The van der Waals surface area contributed by atoms with Crippen molar-refractivity contribution in [3.63, 3.8) is 0 Å². The third-order valence-electron chi connectivity index (χ3n) is 4.01. The highest BCUT2D eigenvalue weighted by molar-refractivity contribution is 7.89. The van der Waals surface area contributed by atoms with Crippen LogP contribution in [0.25, 0.3) is 11.1 Å². The molecule has 0 radical (unpaired) electrons. The summed E-state index contributed by atoms with van der Waals surface area (Å²) >= 11 is 0. The maximum absolute atomic E-state index is 12.2. The topological polar surface area (TPSA) is 97.4 Å². The summed E-state index contributed by atoms with van der Waals surface area (Å²) in [6.45, 7) is 0.903. The molecule has 142 valence electrons. The van der Waals surface area contributed by atoms with Crippen LogP contribution in [0.5, 0.6) is 0 Å². The Morgan fingerprint density at radius 1 is 1.19 bits per heavy atom. The van der Waals surface area contributed by atoms with E-state index >= 15 is 0 Å². The predicted molar refractivity (Wildman–Crippen MR) is 99.6 cm³/mol. The third kappa shape index (κ3) is 4.26. The van der Waals surface area contributed by atoms with Gasteiger partial charge in [-0.1, -0.05) is 0 Å². The van der Waals surface area contributed by atoms with Gasteiger partial charge in [-0.2, -0.15) is 5.10 Å². The molecule has 2 heterocycles. The quantitative estimate of drug-likeness (QED) is 0.666. The molecule has 27 heavy (non-hydrogen) atoms. The summed E-state index contributed by atoms with van der Waals surface area (Å²) < 4.78 is 32.0. The molecule has 3 aromatic rings. The first kappa shape index (κ1) is 18.9. The van der Waals surface area contributed by atoms with Crippen LogP contribution >= 0.6 is 0 Å². The number of amides is 1. The second-order valence-electron chi connectivity index (χ2n) is 6.07. The second kappa shape index (κ2) is 7.77. The Bertz CT molecular complexity index is 1010. The third-order valence-corrected chi connectivity index (χ3v) is 5.84. The summed E-state index contributed by atoms with van der Waals surface area (Å²) in [6.07, 6.45) is 6.85. The van der Waals surface area contributed by atoms with Crippen molar-refractivity contribution in [1.82, 2.24) is 19.4 Å². The van der Waals surface area contributed by atoms with E-state index in [1.54, 1.807) is 23.4 Å². The predicted octanol–water partition coefficient (Wildman–Crippen LogP) is 1.82. The molecule has 8 nitrogen and oxygen atoms in total. The summed E-state index contributed by atoms with van der Waals surface area (Å²) in [5, 5.41) is 7.04. The molecule has 1 amide bonds. The van der Waals surface area contributed by atoms with Crippen molar-refractivity contribution in [3.8, 4) is 11.1 Å². The Kier molecular flexibility index (Phi) is 5.43. The van der Waals surface area contributed by atoms with Gasteiger partial charge in [0.05, 0.1) is 30.2 Å². The molecular formula is C18H20N4O4S. The van der Waals surface area contributed by atoms with Crippen LogP contribution in [0.4, 0.5) is 0 Å². The lowest BCUT2D eigenvalue weighted by Gasteiger charge is -2.11. The summed E-state index contributed by atoms with van der Waals surface area (Å²) in [5.74, 6) is -0.272. The smallest absolute Gasteiger partial charge is 0.251 e. The molecule has 0 atom stereocenters. The van der Waals surface area contributed by atoms with Crippen LogP contribution in [-0.4, -0.2) is 49.1 Å². The number of nitrogens with zero attached hydrogens (tertiary/aromatic N) is 3. The van der Waals surface area contributed by atoms with E-state index in [1.807, 2.05) is 12.3 Å². The standard InChI is InChI=1S/C18H20N4O4S/c1-21(2)27(24,25)17-5-3-14(4-6-17)18(23)19-8-9-22-12-16(11-20-22)15-7-10-26-13-15/h3-7,10-13H,8-9H2,1-2H3,(H,19,23). The number of carbonyl (C=O) groups excluding carboxylic acids is 1. The number of nitrogens with one attached hydrogen (secondary N) is 1. The molecule has 0 saturated heterocycles. The first-order chi connectivity index (χ1) is 12.9. The van der Waals surface area contributed by atoms with Crippen molar-refractivity contribution in [2.24, 2.45) is 0 Å². The SMILES string of the molecule is CN(C)S(=O)(=O)c1ccc(C(=O)NCCn2cc(-c3ccoc3)cn2)cc1. The lowest BCUT2D eigenvalue weighted by Crippen LogP contribution is -2.27. The zero-order chi connectivity index (χ0) is 19.4. The average Bonchev–Trinajstić information content (AvgIpc) is 3.33. The normalized spacial score (nSPS) is 11.7. The van der Waals surface area contributed by atoms with Gasteiger partial charge >= 0.3 is 0 Å². The first-order valence-electron chi connectivity index (χ1n) is 8.24. The minimum absolute atomic E-state index is 0.146. The number of aromatic nitrogens is 2. The molecule has 0 bridgehead atoms. The first-order valence-corrected chi connectivity index (χ1v) is 9.68. The fourth-order valence-electron chi connectivity index (χ4n) is 2.44. The molecule has 2 aromatic heterocycles. The van der Waals surface area contributed by atoms with Gasteiger partial charge in [-0.3, -0.25) is 9.48 Å². The van der Waals surface area contributed by atoms with Crippen molar-refractivity contribution in [1.29, 1.82) is 0 Å². The summed E-state index contributed by atoms with van der Waals surface area (Å²) in [4.78, 5) is 12.4. The molecule has 1 N–H and O–H groups in total. The summed E-state index contributed by atoms with van der Waals surface area (Å²) in [7, 11) is -0.582. The molecule has 9 heteroatoms. The Hall–Kier alpha value is -2.91. The highest BCUT2D eigenvalue weighted by Crippen LogP contribution is 2.18. The van der Waals surface area contributed by atoms with E-state index in [9.17, 15) is 13.2 Å². The van der Waals surface area contributed by atoms with Gasteiger partial charge in [0, 0.05) is 43.5 Å². The van der Waals surface area contributed by atoms with Crippen LogP contribution in [0.3, 0.4) is 0 Å². The van der Waals surface area contributed by atoms with Gasteiger partial charge < -0.3 is 9.73 Å². The van der Waals surface area contributed by atoms with Crippen molar-refractivity contribution in [3.05, 3.63) is 60.8 Å². The molecule has 0 aliphatic carbocycles. The lowest BCUT2D eigenvalue weighted by atomic mass is 10.2. The molecule has 0 saturated carbocycles. The van der Waals surface area contributed by atoms with Gasteiger partial charge in [0.25, 0.3) is 5.91 Å². The Morgan fingerprint density at radius 3 is 2.56 bits per heavy atom. The fraction of sp³-hybridized carbons (Fsp3) is 0.222. The zero-order valence-electron chi connectivity index (χ0n) is 15.0. The van der Waals surface area contributed by atoms with E-state index in [0.717, 1.165) is 15.4 Å². The van der Waals surface area contributed by atoms with Gasteiger partial charge in [-0.05, 0) is 30.3 Å². The number of hydrogen-bond donors (Lipinski definition) is 1. The van der Waals surface area contributed by atoms with E-state index < -0.39 is 10.0 Å². The number of carbonyl (C=O) groups is 1. The lowest BCUT2D eigenvalue weighted by molar-refractivity contribution is 0.0952. The Morgan fingerprint density at radius 2 is 1.93 bits per heavy atom. The summed E-state index contributed by atoms with van der Waals surface area (Å²) in [5.41, 5.74) is 2.28. The van der Waals surface area contributed by atoms with Crippen LogP contribution < -0.4 is 5.32 Å².